The molecule has 0 radical (unpaired) electrons. The number of anilines is 1. The van der Waals surface area contributed by atoms with E-state index in [0.29, 0.717) is 0 Å². The molecule has 0 saturated heterocycles. The first-order valence-corrected chi connectivity index (χ1v) is 8.61. The molecule has 4 rings (SSSR count). The van der Waals surface area contributed by atoms with Crippen LogP contribution in [0.2, 0.25) is 0 Å². The maximum absolute atomic E-state index is 4.70. The molecule has 0 fully saturated rings. The van der Waals surface area contributed by atoms with Crippen molar-refractivity contribution in [1.29, 1.82) is 0 Å². The van der Waals surface area contributed by atoms with Gasteiger partial charge in [-0.15, -0.1) is 22.7 Å². The highest BCUT2D eigenvalue weighted by Gasteiger charge is 2.13. The highest BCUT2D eigenvalue weighted by atomic mass is 32.1. The van der Waals surface area contributed by atoms with Crippen LogP contribution in [0.4, 0.5) is 5.82 Å². The number of hydrogen-bond donors (Lipinski definition) is 0. The number of benzene rings is 1. The van der Waals surface area contributed by atoms with Gasteiger partial charge in [-0.25, -0.2) is 15.0 Å². The van der Waals surface area contributed by atoms with Crippen molar-refractivity contribution in [2.75, 3.05) is 11.9 Å². The first-order chi connectivity index (χ1) is 10.7. The van der Waals surface area contributed by atoms with Crippen molar-refractivity contribution in [2.24, 2.45) is 0 Å². The van der Waals surface area contributed by atoms with Crippen molar-refractivity contribution in [3.63, 3.8) is 0 Å². The molecule has 0 amide bonds. The van der Waals surface area contributed by atoms with Crippen LogP contribution in [0, 0.1) is 6.92 Å². The molecule has 3 heterocycles. The van der Waals surface area contributed by atoms with Crippen molar-refractivity contribution >= 4 is 48.9 Å². The highest BCUT2D eigenvalue weighted by Crippen LogP contribution is 2.30. The summed E-state index contributed by atoms with van der Waals surface area (Å²) in [5, 5.41) is 2.22. The van der Waals surface area contributed by atoms with E-state index in [0.717, 1.165) is 33.1 Å². The van der Waals surface area contributed by atoms with E-state index in [9.17, 15) is 0 Å². The van der Waals surface area contributed by atoms with E-state index < -0.39 is 0 Å². The Morgan fingerprint density at radius 2 is 2.00 bits per heavy atom. The molecule has 0 spiro atoms. The molecule has 3 aromatic heterocycles. The zero-order chi connectivity index (χ0) is 15.1. The van der Waals surface area contributed by atoms with Gasteiger partial charge in [-0.1, -0.05) is 12.1 Å². The molecule has 0 unspecified atom stereocenters. The molecule has 4 nitrogen and oxygen atoms in total. The Morgan fingerprint density at radius 1 is 1.14 bits per heavy atom. The van der Waals surface area contributed by atoms with Gasteiger partial charge in [0.1, 0.15) is 22.0 Å². The van der Waals surface area contributed by atoms with Gasteiger partial charge in [-0.2, -0.15) is 0 Å². The van der Waals surface area contributed by atoms with Crippen LogP contribution in [-0.2, 0) is 6.54 Å². The Bertz CT molecular complexity index is 924. The summed E-state index contributed by atoms with van der Waals surface area (Å²) in [6, 6.07) is 10.4. The second kappa shape index (κ2) is 5.30. The quantitative estimate of drug-likeness (QED) is 0.564. The monoisotopic (exact) mass is 326 g/mol. The number of nitrogens with zero attached hydrogens (tertiary/aromatic N) is 4. The van der Waals surface area contributed by atoms with Gasteiger partial charge in [0.25, 0.3) is 0 Å². The lowest BCUT2D eigenvalue weighted by atomic mass is 10.3. The van der Waals surface area contributed by atoms with Crippen molar-refractivity contribution < 1.29 is 0 Å². The third kappa shape index (κ3) is 2.34. The van der Waals surface area contributed by atoms with Crippen LogP contribution in [0.25, 0.3) is 20.4 Å². The van der Waals surface area contributed by atoms with Gasteiger partial charge < -0.3 is 4.90 Å². The Balaban J connectivity index is 1.69. The Kier molecular flexibility index (Phi) is 3.28. The smallest absolute Gasteiger partial charge is 0.140 e. The lowest BCUT2D eigenvalue weighted by Gasteiger charge is -2.17. The molecule has 1 aromatic carbocycles. The average molecular weight is 326 g/mol. The Hall–Kier alpha value is -2.05. The van der Waals surface area contributed by atoms with Gasteiger partial charge in [0.05, 0.1) is 22.1 Å². The summed E-state index contributed by atoms with van der Waals surface area (Å²) in [7, 11) is 2.06. The number of aryl methyl sites for hydroxylation is 1. The van der Waals surface area contributed by atoms with Crippen molar-refractivity contribution in [2.45, 2.75) is 13.5 Å². The number of hydrogen-bond acceptors (Lipinski definition) is 6. The van der Waals surface area contributed by atoms with Gasteiger partial charge in [-0.3, -0.25) is 0 Å². The van der Waals surface area contributed by atoms with E-state index in [1.807, 2.05) is 6.07 Å². The molecule has 0 aliphatic heterocycles. The van der Waals surface area contributed by atoms with E-state index in [2.05, 4.69) is 53.1 Å². The van der Waals surface area contributed by atoms with Crippen molar-refractivity contribution in [3.05, 3.63) is 46.5 Å². The predicted octanol–water partition coefficient (Wildman–Crippen LogP) is 4.25. The van der Waals surface area contributed by atoms with E-state index in [4.69, 9.17) is 4.98 Å². The van der Waals surface area contributed by atoms with Gasteiger partial charge in [-0.05, 0) is 25.1 Å². The molecule has 0 aliphatic rings. The van der Waals surface area contributed by atoms with E-state index in [1.165, 1.54) is 9.58 Å². The van der Waals surface area contributed by atoms with Crippen molar-refractivity contribution in [1.82, 2.24) is 15.0 Å². The average Bonchev–Trinajstić information content (AvgIpc) is 3.07. The minimum Gasteiger partial charge on any atom is -0.352 e. The summed E-state index contributed by atoms with van der Waals surface area (Å²) < 4.78 is 1.23. The fourth-order valence-electron chi connectivity index (χ4n) is 2.53. The minimum absolute atomic E-state index is 0.750. The first-order valence-electron chi connectivity index (χ1n) is 6.97. The minimum atomic E-state index is 0.750. The molecule has 0 atom stereocenters. The van der Waals surface area contributed by atoms with Crippen LogP contribution >= 0.6 is 22.7 Å². The third-order valence-corrected chi connectivity index (χ3v) is 5.48. The Morgan fingerprint density at radius 3 is 2.86 bits per heavy atom. The highest BCUT2D eigenvalue weighted by molar-refractivity contribution is 7.19. The van der Waals surface area contributed by atoms with E-state index in [-0.39, 0.29) is 0 Å². The second-order valence-electron chi connectivity index (χ2n) is 5.20. The van der Waals surface area contributed by atoms with Crippen LogP contribution < -0.4 is 4.90 Å². The Labute approximate surface area is 136 Å². The summed E-state index contributed by atoms with van der Waals surface area (Å²) in [5.41, 5.74) is 1.06. The topological polar surface area (TPSA) is 41.9 Å². The summed E-state index contributed by atoms with van der Waals surface area (Å²) in [6.45, 7) is 2.85. The zero-order valence-corrected chi connectivity index (χ0v) is 13.9. The molecule has 0 N–H and O–H groups in total. The van der Waals surface area contributed by atoms with Gasteiger partial charge >= 0.3 is 0 Å². The summed E-state index contributed by atoms with van der Waals surface area (Å²) in [5.74, 6) is 0.966. The van der Waals surface area contributed by atoms with Crippen LogP contribution in [0.15, 0.2) is 36.7 Å². The predicted molar refractivity (Wildman–Crippen MR) is 93.9 cm³/mol. The summed E-state index contributed by atoms with van der Waals surface area (Å²) >= 11 is 3.44. The van der Waals surface area contributed by atoms with Crippen LogP contribution in [0.5, 0.6) is 0 Å². The number of fused-ring (bicyclic) bond motifs is 2. The van der Waals surface area contributed by atoms with Gasteiger partial charge in [0.2, 0.25) is 0 Å². The molecule has 0 aliphatic carbocycles. The number of aromatic nitrogens is 3. The number of thiophene rings is 1. The normalized spacial score (nSPS) is 11.4. The van der Waals surface area contributed by atoms with E-state index >= 15 is 0 Å². The molecule has 110 valence electrons. The first kappa shape index (κ1) is 13.6. The fraction of sp³-hybridized carbons (Fsp3) is 0.188. The standard InChI is InChI=1S/C16H14N4S2/c1-10-7-11-15(17-9-18-16(11)21-10)20(2)8-14-19-12-5-3-4-6-13(12)22-14/h3-7,9H,8H2,1-2H3. The van der Waals surface area contributed by atoms with Crippen molar-refractivity contribution in [3.8, 4) is 0 Å². The molecular formula is C16H14N4S2. The van der Waals surface area contributed by atoms with Crippen LogP contribution in [0.1, 0.15) is 9.88 Å². The SMILES string of the molecule is Cc1cc2c(N(C)Cc3nc4ccccc4s3)ncnc2s1. The molecular weight excluding hydrogens is 312 g/mol. The lowest BCUT2D eigenvalue weighted by Crippen LogP contribution is -2.17. The summed E-state index contributed by atoms with van der Waals surface area (Å²) in [4.78, 5) is 18.0. The molecule has 4 aromatic rings. The van der Waals surface area contributed by atoms with Gasteiger partial charge in [0.15, 0.2) is 0 Å². The van der Waals surface area contributed by atoms with Gasteiger partial charge in [0, 0.05) is 11.9 Å². The molecule has 22 heavy (non-hydrogen) atoms. The fourth-order valence-corrected chi connectivity index (χ4v) is 4.40. The number of rotatable bonds is 3. The summed E-state index contributed by atoms with van der Waals surface area (Å²) in [6.07, 6.45) is 1.64. The van der Waals surface area contributed by atoms with E-state index in [1.54, 1.807) is 29.0 Å². The molecule has 0 bridgehead atoms. The largest absolute Gasteiger partial charge is 0.352 e. The van der Waals surface area contributed by atoms with Crippen LogP contribution in [0.3, 0.4) is 0 Å². The molecule has 0 saturated carbocycles. The third-order valence-electron chi connectivity index (χ3n) is 3.50. The van der Waals surface area contributed by atoms with Crippen LogP contribution in [-0.4, -0.2) is 22.0 Å². The second-order valence-corrected chi connectivity index (χ2v) is 7.55. The number of para-hydroxylation sites is 1. The number of thiazole rings is 1. The maximum Gasteiger partial charge on any atom is 0.140 e. The zero-order valence-electron chi connectivity index (χ0n) is 12.3. The lowest BCUT2D eigenvalue weighted by molar-refractivity contribution is 0.894. The maximum atomic E-state index is 4.70. The molecule has 6 heteroatoms.